The molecule has 25 heavy (non-hydrogen) atoms. The van der Waals surface area contributed by atoms with E-state index in [-0.39, 0.29) is 30.9 Å². The van der Waals surface area contributed by atoms with Gasteiger partial charge in [-0.15, -0.1) is 0 Å². The SMILES string of the molecule is O=C(CCn1cccn1)N1C[C@@H](O)C[C@H]1c1ccccc1C(F)(F)F. The van der Waals surface area contributed by atoms with E-state index in [4.69, 9.17) is 0 Å². The number of aromatic nitrogens is 2. The first-order valence-corrected chi connectivity index (χ1v) is 7.97. The van der Waals surface area contributed by atoms with Gasteiger partial charge in [0.15, 0.2) is 0 Å². The predicted octanol–water partition coefficient (Wildman–Crippen LogP) is 2.63. The van der Waals surface area contributed by atoms with Crippen LogP contribution in [-0.4, -0.2) is 38.3 Å². The van der Waals surface area contributed by atoms with Crippen molar-refractivity contribution in [2.75, 3.05) is 6.54 Å². The molecule has 0 radical (unpaired) electrons. The van der Waals surface area contributed by atoms with E-state index in [9.17, 15) is 23.1 Å². The molecule has 8 heteroatoms. The van der Waals surface area contributed by atoms with Crippen LogP contribution in [0.1, 0.15) is 30.0 Å². The zero-order chi connectivity index (χ0) is 18.0. The number of aliphatic hydroxyl groups excluding tert-OH is 1. The van der Waals surface area contributed by atoms with Gasteiger partial charge < -0.3 is 10.0 Å². The normalized spacial score (nSPS) is 20.9. The lowest BCUT2D eigenvalue weighted by molar-refractivity contribution is -0.140. The Morgan fingerprint density at radius 1 is 1.28 bits per heavy atom. The van der Waals surface area contributed by atoms with Crippen LogP contribution in [-0.2, 0) is 17.5 Å². The van der Waals surface area contributed by atoms with E-state index in [1.165, 1.54) is 23.1 Å². The summed E-state index contributed by atoms with van der Waals surface area (Å²) in [6, 6.07) is 6.17. The summed E-state index contributed by atoms with van der Waals surface area (Å²) in [6.45, 7) is 0.376. The van der Waals surface area contributed by atoms with E-state index in [1.807, 2.05) is 0 Å². The average Bonchev–Trinajstić information content (AvgIpc) is 3.21. The molecule has 1 fully saturated rings. The largest absolute Gasteiger partial charge is 0.416 e. The summed E-state index contributed by atoms with van der Waals surface area (Å²) < 4.78 is 41.4. The third kappa shape index (κ3) is 3.84. The third-order valence-electron chi connectivity index (χ3n) is 4.34. The summed E-state index contributed by atoms with van der Waals surface area (Å²) in [5.74, 6) is -0.297. The van der Waals surface area contributed by atoms with E-state index < -0.39 is 23.9 Å². The van der Waals surface area contributed by atoms with Crippen LogP contribution in [0.15, 0.2) is 42.7 Å². The minimum absolute atomic E-state index is 0.0268. The minimum atomic E-state index is -4.51. The molecule has 1 aromatic carbocycles. The Morgan fingerprint density at radius 2 is 2.04 bits per heavy atom. The monoisotopic (exact) mass is 353 g/mol. The molecule has 3 rings (SSSR count). The van der Waals surface area contributed by atoms with Gasteiger partial charge in [0.1, 0.15) is 0 Å². The van der Waals surface area contributed by atoms with Crippen LogP contribution >= 0.6 is 0 Å². The fourth-order valence-electron chi connectivity index (χ4n) is 3.22. The van der Waals surface area contributed by atoms with Crippen molar-refractivity contribution in [3.8, 4) is 0 Å². The Bertz CT molecular complexity index is 731. The van der Waals surface area contributed by atoms with Crippen molar-refractivity contribution in [2.45, 2.75) is 37.7 Å². The Hall–Kier alpha value is -2.35. The van der Waals surface area contributed by atoms with Gasteiger partial charge in [-0.1, -0.05) is 18.2 Å². The van der Waals surface area contributed by atoms with Gasteiger partial charge in [0.2, 0.25) is 5.91 Å². The predicted molar refractivity (Wildman–Crippen MR) is 83.4 cm³/mol. The summed E-state index contributed by atoms with van der Waals surface area (Å²) in [4.78, 5) is 13.9. The standard InChI is InChI=1S/C17H18F3N3O2/c18-17(19,20)14-5-2-1-4-13(14)15-10-12(24)11-23(15)16(25)6-9-22-8-3-7-21-22/h1-5,7-8,12,15,24H,6,9-11H2/t12-,15-/m0/s1. The fourth-order valence-corrected chi connectivity index (χ4v) is 3.22. The Morgan fingerprint density at radius 3 is 2.72 bits per heavy atom. The molecule has 2 aromatic rings. The number of alkyl halides is 3. The second kappa shape index (κ2) is 6.87. The molecule has 0 saturated carbocycles. The maximum Gasteiger partial charge on any atom is 0.416 e. The van der Waals surface area contributed by atoms with Crippen molar-refractivity contribution in [1.29, 1.82) is 0 Å². The maximum atomic E-state index is 13.3. The van der Waals surface area contributed by atoms with Crippen molar-refractivity contribution < 1.29 is 23.1 Å². The van der Waals surface area contributed by atoms with Gasteiger partial charge in [-0.2, -0.15) is 18.3 Å². The van der Waals surface area contributed by atoms with Crippen LogP contribution in [0.3, 0.4) is 0 Å². The highest BCUT2D eigenvalue weighted by Gasteiger charge is 2.41. The number of benzene rings is 1. The lowest BCUT2D eigenvalue weighted by Gasteiger charge is -2.27. The number of aryl methyl sites for hydroxylation is 1. The third-order valence-corrected chi connectivity index (χ3v) is 4.34. The molecule has 1 aromatic heterocycles. The van der Waals surface area contributed by atoms with Crippen molar-refractivity contribution in [2.24, 2.45) is 0 Å². The zero-order valence-electron chi connectivity index (χ0n) is 13.4. The molecule has 0 aliphatic carbocycles. The number of hydrogen-bond acceptors (Lipinski definition) is 3. The fraction of sp³-hybridized carbons (Fsp3) is 0.412. The molecular formula is C17H18F3N3O2. The smallest absolute Gasteiger partial charge is 0.391 e. The number of aliphatic hydroxyl groups is 1. The number of nitrogens with zero attached hydrogens (tertiary/aromatic N) is 3. The first-order chi connectivity index (χ1) is 11.9. The lowest BCUT2D eigenvalue weighted by Crippen LogP contribution is -2.33. The maximum absolute atomic E-state index is 13.3. The van der Waals surface area contributed by atoms with Crippen LogP contribution in [0.5, 0.6) is 0 Å². The van der Waals surface area contributed by atoms with Crippen molar-refractivity contribution in [3.63, 3.8) is 0 Å². The second-order valence-corrected chi connectivity index (χ2v) is 6.06. The molecular weight excluding hydrogens is 335 g/mol. The highest BCUT2D eigenvalue weighted by Crippen LogP contribution is 2.40. The van der Waals surface area contributed by atoms with Gasteiger partial charge in [0, 0.05) is 31.9 Å². The van der Waals surface area contributed by atoms with Gasteiger partial charge in [-0.05, 0) is 24.1 Å². The molecule has 1 aliphatic heterocycles. The lowest BCUT2D eigenvalue weighted by atomic mass is 9.97. The summed E-state index contributed by atoms with van der Waals surface area (Å²) in [6.07, 6.45) is -1.83. The zero-order valence-corrected chi connectivity index (χ0v) is 13.4. The van der Waals surface area contributed by atoms with E-state index in [0.29, 0.717) is 6.54 Å². The first-order valence-electron chi connectivity index (χ1n) is 7.97. The second-order valence-electron chi connectivity index (χ2n) is 6.06. The van der Waals surface area contributed by atoms with Crippen molar-refractivity contribution in [1.82, 2.24) is 14.7 Å². The van der Waals surface area contributed by atoms with Crippen molar-refractivity contribution >= 4 is 5.91 Å². The van der Waals surface area contributed by atoms with E-state index in [1.54, 1.807) is 23.1 Å². The number of carbonyl (C=O) groups is 1. The van der Waals surface area contributed by atoms with Crippen molar-refractivity contribution in [3.05, 3.63) is 53.9 Å². The molecule has 1 amide bonds. The number of β-amino-alcohol motifs (C(OH)–C–C–N with tert-alkyl or cyclic N) is 1. The highest BCUT2D eigenvalue weighted by molar-refractivity contribution is 5.77. The van der Waals surface area contributed by atoms with Crippen LogP contribution in [0, 0.1) is 0 Å². The molecule has 0 unspecified atom stereocenters. The van der Waals surface area contributed by atoms with Crippen LogP contribution in [0.25, 0.3) is 0 Å². The van der Waals surface area contributed by atoms with E-state index in [2.05, 4.69) is 5.10 Å². The number of amides is 1. The molecule has 134 valence electrons. The van der Waals surface area contributed by atoms with Gasteiger partial charge in [0.25, 0.3) is 0 Å². The molecule has 2 atom stereocenters. The summed E-state index contributed by atoms with van der Waals surface area (Å²) in [7, 11) is 0. The number of likely N-dealkylation sites (tertiary alicyclic amines) is 1. The molecule has 0 spiro atoms. The summed E-state index contributed by atoms with van der Waals surface area (Å²) >= 11 is 0. The van der Waals surface area contributed by atoms with Gasteiger partial charge in [-0.3, -0.25) is 9.48 Å². The molecule has 1 N–H and O–H groups in total. The number of carbonyl (C=O) groups excluding carboxylic acids is 1. The summed E-state index contributed by atoms with van der Waals surface area (Å²) in [5.41, 5.74) is -0.738. The molecule has 1 aliphatic rings. The quantitative estimate of drug-likeness (QED) is 0.919. The first kappa shape index (κ1) is 17.5. The topological polar surface area (TPSA) is 58.4 Å². The highest BCUT2D eigenvalue weighted by atomic mass is 19.4. The Balaban J connectivity index is 1.81. The van der Waals surface area contributed by atoms with E-state index >= 15 is 0 Å². The van der Waals surface area contributed by atoms with Crippen LogP contribution < -0.4 is 0 Å². The number of rotatable bonds is 4. The van der Waals surface area contributed by atoms with Crippen LogP contribution in [0.2, 0.25) is 0 Å². The van der Waals surface area contributed by atoms with Gasteiger partial charge >= 0.3 is 6.18 Å². The minimum Gasteiger partial charge on any atom is -0.391 e. The van der Waals surface area contributed by atoms with E-state index in [0.717, 1.165) is 6.07 Å². The summed E-state index contributed by atoms with van der Waals surface area (Å²) in [5, 5.41) is 13.9. The Kier molecular flexibility index (Phi) is 4.80. The number of hydrogen-bond donors (Lipinski definition) is 1. The molecule has 5 nitrogen and oxygen atoms in total. The molecule has 2 heterocycles. The number of halogens is 3. The average molecular weight is 353 g/mol. The Labute approximate surface area is 142 Å². The molecule has 1 saturated heterocycles. The molecule has 0 bridgehead atoms. The van der Waals surface area contributed by atoms with Gasteiger partial charge in [0.05, 0.1) is 17.7 Å². The van der Waals surface area contributed by atoms with Crippen LogP contribution in [0.4, 0.5) is 13.2 Å². The van der Waals surface area contributed by atoms with Gasteiger partial charge in [-0.25, -0.2) is 0 Å².